The maximum atomic E-state index is 10.7. The first-order valence-corrected chi connectivity index (χ1v) is 6.73. The quantitative estimate of drug-likeness (QED) is 0.860. The molecule has 0 aliphatic heterocycles. The molecule has 2 saturated carbocycles. The molecule has 2 aliphatic rings. The van der Waals surface area contributed by atoms with E-state index in [1.165, 1.54) is 31.7 Å². The lowest BCUT2D eigenvalue weighted by Crippen LogP contribution is -2.29. The number of rotatable bonds is 4. The van der Waals surface area contributed by atoms with E-state index >= 15 is 0 Å². The summed E-state index contributed by atoms with van der Waals surface area (Å²) in [5, 5.41) is 12.1. The first kappa shape index (κ1) is 11.6. The van der Waals surface area contributed by atoms with Crippen LogP contribution in [0.2, 0.25) is 0 Å². The van der Waals surface area contributed by atoms with Gasteiger partial charge in [0.05, 0.1) is 0 Å². The molecule has 4 heteroatoms. The third kappa shape index (κ3) is 2.00. The fraction of sp³-hybridized carbons (Fsp3) is 0.643. The molecule has 2 bridgehead atoms. The molecular weight excluding hydrogens is 230 g/mol. The largest absolute Gasteiger partial charge is 0.475 e. The van der Waals surface area contributed by atoms with Crippen LogP contribution in [0.5, 0.6) is 0 Å². The van der Waals surface area contributed by atoms with Gasteiger partial charge < -0.3 is 14.8 Å². The Bertz CT molecular complexity index is 454. The molecule has 0 spiro atoms. The normalized spacial score (nSPS) is 31.5. The van der Waals surface area contributed by atoms with Crippen LogP contribution in [0.4, 0.5) is 5.88 Å². The minimum atomic E-state index is -1.02. The van der Waals surface area contributed by atoms with Crippen molar-refractivity contribution in [3.8, 4) is 0 Å². The van der Waals surface area contributed by atoms with E-state index in [1.54, 1.807) is 6.07 Å². The summed E-state index contributed by atoms with van der Waals surface area (Å²) >= 11 is 0. The van der Waals surface area contributed by atoms with Gasteiger partial charge >= 0.3 is 5.97 Å². The van der Waals surface area contributed by atoms with Gasteiger partial charge in [0.15, 0.2) is 5.88 Å². The number of carboxylic acids is 1. The van der Waals surface area contributed by atoms with Crippen molar-refractivity contribution in [2.45, 2.75) is 38.6 Å². The molecule has 98 valence electrons. The summed E-state index contributed by atoms with van der Waals surface area (Å²) < 4.78 is 5.24. The summed E-state index contributed by atoms with van der Waals surface area (Å²) in [4.78, 5) is 10.7. The average molecular weight is 249 g/mol. The van der Waals surface area contributed by atoms with Gasteiger partial charge in [-0.2, -0.15) is 0 Å². The summed E-state index contributed by atoms with van der Waals surface area (Å²) in [6.07, 6.45) is 5.46. The van der Waals surface area contributed by atoms with E-state index in [0.29, 0.717) is 17.8 Å². The number of furan rings is 1. The summed E-state index contributed by atoms with van der Waals surface area (Å²) in [6, 6.07) is 3.55. The number of fused-ring (bicyclic) bond motifs is 2. The molecule has 3 rings (SSSR count). The Morgan fingerprint density at radius 2 is 2.28 bits per heavy atom. The Labute approximate surface area is 106 Å². The standard InChI is InChI=1S/C14H19NO3/c1-8(11-7-9-2-3-10(11)6-9)15-13-5-4-12(18-13)14(16)17/h4-5,8-11,15H,2-3,6-7H2,1H3,(H,16,17). The van der Waals surface area contributed by atoms with Gasteiger partial charge in [-0.3, -0.25) is 0 Å². The summed E-state index contributed by atoms with van der Waals surface area (Å²) in [5.74, 6) is 2.04. The van der Waals surface area contributed by atoms with Crippen molar-refractivity contribution in [3.05, 3.63) is 17.9 Å². The zero-order valence-corrected chi connectivity index (χ0v) is 10.6. The number of hydrogen-bond acceptors (Lipinski definition) is 3. The minimum absolute atomic E-state index is 0.00218. The number of hydrogen-bond donors (Lipinski definition) is 2. The lowest BCUT2D eigenvalue weighted by Gasteiger charge is -2.28. The van der Waals surface area contributed by atoms with E-state index < -0.39 is 5.97 Å². The van der Waals surface area contributed by atoms with Crippen molar-refractivity contribution in [3.63, 3.8) is 0 Å². The van der Waals surface area contributed by atoms with Crippen LogP contribution >= 0.6 is 0 Å². The molecule has 1 heterocycles. The van der Waals surface area contributed by atoms with Crippen LogP contribution in [0.15, 0.2) is 16.5 Å². The van der Waals surface area contributed by atoms with Gasteiger partial charge in [0, 0.05) is 12.1 Å². The average Bonchev–Trinajstić information content (AvgIpc) is 3.03. The van der Waals surface area contributed by atoms with Gasteiger partial charge in [0.1, 0.15) is 0 Å². The Balaban J connectivity index is 1.63. The zero-order chi connectivity index (χ0) is 12.7. The highest BCUT2D eigenvalue weighted by atomic mass is 16.4. The van der Waals surface area contributed by atoms with Crippen molar-refractivity contribution in [1.82, 2.24) is 0 Å². The molecule has 18 heavy (non-hydrogen) atoms. The molecule has 0 radical (unpaired) electrons. The Morgan fingerprint density at radius 1 is 1.44 bits per heavy atom. The molecule has 0 aromatic carbocycles. The predicted octanol–water partition coefficient (Wildman–Crippen LogP) is 3.21. The monoisotopic (exact) mass is 249 g/mol. The molecule has 2 aliphatic carbocycles. The molecule has 2 fully saturated rings. The summed E-state index contributed by atoms with van der Waals surface area (Å²) in [6.45, 7) is 2.17. The first-order chi connectivity index (χ1) is 8.63. The Kier molecular flexibility index (Phi) is 2.80. The minimum Gasteiger partial charge on any atom is -0.475 e. The predicted molar refractivity (Wildman–Crippen MR) is 67.7 cm³/mol. The van der Waals surface area contributed by atoms with Crippen LogP contribution in [0, 0.1) is 17.8 Å². The maximum absolute atomic E-state index is 10.7. The van der Waals surface area contributed by atoms with Crippen molar-refractivity contribution < 1.29 is 14.3 Å². The second-order valence-corrected chi connectivity index (χ2v) is 5.74. The summed E-state index contributed by atoms with van der Waals surface area (Å²) in [7, 11) is 0. The van der Waals surface area contributed by atoms with Crippen LogP contribution in [0.25, 0.3) is 0 Å². The highest BCUT2D eigenvalue weighted by molar-refractivity contribution is 5.84. The van der Waals surface area contributed by atoms with Crippen LogP contribution < -0.4 is 5.32 Å². The maximum Gasteiger partial charge on any atom is 0.371 e. The molecule has 0 saturated heterocycles. The molecule has 4 atom stereocenters. The smallest absolute Gasteiger partial charge is 0.371 e. The van der Waals surface area contributed by atoms with E-state index in [4.69, 9.17) is 9.52 Å². The van der Waals surface area contributed by atoms with E-state index in [-0.39, 0.29) is 5.76 Å². The van der Waals surface area contributed by atoms with E-state index in [1.807, 2.05) is 0 Å². The number of carboxylic acid groups (broad SMARTS) is 1. The van der Waals surface area contributed by atoms with Crippen molar-refractivity contribution in [1.29, 1.82) is 0 Å². The third-order valence-electron chi connectivity index (χ3n) is 4.62. The highest BCUT2D eigenvalue weighted by Gasteiger charge is 2.41. The van der Waals surface area contributed by atoms with Crippen LogP contribution in [-0.2, 0) is 0 Å². The molecule has 1 aromatic heterocycles. The van der Waals surface area contributed by atoms with E-state index in [9.17, 15) is 4.79 Å². The van der Waals surface area contributed by atoms with Crippen molar-refractivity contribution >= 4 is 11.9 Å². The second-order valence-electron chi connectivity index (χ2n) is 5.74. The topological polar surface area (TPSA) is 62.5 Å². The van der Waals surface area contributed by atoms with Gasteiger partial charge in [0.2, 0.25) is 5.76 Å². The number of anilines is 1. The first-order valence-electron chi connectivity index (χ1n) is 6.73. The fourth-order valence-electron chi connectivity index (χ4n) is 3.77. The molecule has 1 aromatic rings. The molecular formula is C14H19NO3. The molecule has 0 amide bonds. The molecule has 4 nitrogen and oxygen atoms in total. The van der Waals surface area contributed by atoms with E-state index in [0.717, 1.165) is 11.8 Å². The number of carbonyl (C=O) groups is 1. The van der Waals surface area contributed by atoms with Crippen LogP contribution in [0.1, 0.15) is 43.2 Å². The van der Waals surface area contributed by atoms with Crippen molar-refractivity contribution in [2.75, 3.05) is 5.32 Å². The third-order valence-corrected chi connectivity index (χ3v) is 4.62. The zero-order valence-electron chi connectivity index (χ0n) is 10.6. The number of nitrogens with one attached hydrogen (secondary N) is 1. The fourth-order valence-corrected chi connectivity index (χ4v) is 3.77. The van der Waals surface area contributed by atoms with Gasteiger partial charge in [-0.15, -0.1) is 0 Å². The number of aromatic carboxylic acids is 1. The van der Waals surface area contributed by atoms with Crippen molar-refractivity contribution in [2.24, 2.45) is 17.8 Å². The lowest BCUT2D eigenvalue weighted by molar-refractivity contribution is 0.0663. The molecule has 2 N–H and O–H groups in total. The van der Waals surface area contributed by atoms with Crippen LogP contribution in [-0.4, -0.2) is 17.1 Å². The highest BCUT2D eigenvalue weighted by Crippen LogP contribution is 2.49. The summed E-state index contributed by atoms with van der Waals surface area (Å²) in [5.41, 5.74) is 0. The van der Waals surface area contributed by atoms with Gasteiger partial charge in [-0.25, -0.2) is 4.79 Å². The van der Waals surface area contributed by atoms with Crippen LogP contribution in [0.3, 0.4) is 0 Å². The Hall–Kier alpha value is -1.45. The Morgan fingerprint density at radius 3 is 2.83 bits per heavy atom. The van der Waals surface area contributed by atoms with Gasteiger partial charge in [-0.05, 0) is 50.0 Å². The molecule has 4 unspecified atom stereocenters. The van der Waals surface area contributed by atoms with Gasteiger partial charge in [0.25, 0.3) is 0 Å². The SMILES string of the molecule is CC(Nc1ccc(C(=O)O)o1)C1CC2CCC1C2. The second kappa shape index (κ2) is 4.34. The van der Waals surface area contributed by atoms with Gasteiger partial charge in [-0.1, -0.05) is 6.42 Å². The van der Waals surface area contributed by atoms with E-state index in [2.05, 4.69) is 12.2 Å². The lowest BCUT2D eigenvalue weighted by atomic mass is 9.84.